The third-order valence-corrected chi connectivity index (χ3v) is 3.83. The molecule has 2 heterocycles. The van der Waals surface area contributed by atoms with E-state index < -0.39 is 0 Å². The maximum Gasteiger partial charge on any atom is 0.310 e. The average Bonchev–Trinajstić information content (AvgIpc) is 2.85. The van der Waals surface area contributed by atoms with Crippen LogP contribution in [0.5, 0.6) is 0 Å². The molecule has 1 aromatic rings. The quantitative estimate of drug-likeness (QED) is 0.781. The van der Waals surface area contributed by atoms with E-state index in [0.717, 1.165) is 24.4 Å². The van der Waals surface area contributed by atoms with Gasteiger partial charge in [0.05, 0.1) is 12.5 Å². The van der Waals surface area contributed by atoms with Crippen LogP contribution in [0, 0.1) is 12.8 Å². The van der Waals surface area contributed by atoms with Gasteiger partial charge in [-0.3, -0.25) is 9.59 Å². The van der Waals surface area contributed by atoms with Crippen LogP contribution in [0.15, 0.2) is 0 Å². The number of piperidine rings is 1. The molecule has 0 unspecified atom stereocenters. The number of aromatic nitrogens is 2. The number of hydrogen-bond donors (Lipinski definition) is 0. The van der Waals surface area contributed by atoms with E-state index in [1.165, 1.54) is 0 Å². The molecule has 0 aromatic carbocycles. The lowest BCUT2D eigenvalue weighted by molar-refractivity contribution is -0.149. The van der Waals surface area contributed by atoms with Crippen molar-refractivity contribution in [2.45, 2.75) is 26.7 Å². The monoisotopic (exact) mass is 283 g/mol. The van der Waals surface area contributed by atoms with Gasteiger partial charge in [0.25, 0.3) is 5.91 Å². The van der Waals surface area contributed by atoms with Crippen molar-refractivity contribution in [2.75, 3.05) is 19.7 Å². The lowest BCUT2D eigenvalue weighted by atomic mass is 9.98. The minimum Gasteiger partial charge on any atom is -0.466 e. The van der Waals surface area contributed by atoms with E-state index in [1.54, 1.807) is 18.7 Å². The summed E-state index contributed by atoms with van der Waals surface area (Å²) in [5.74, 6) is 0.0343. The van der Waals surface area contributed by atoms with Crippen LogP contribution in [0.1, 0.15) is 35.4 Å². The molecule has 1 atom stereocenters. The number of carbonyl (C=O) groups excluding carboxylic acids is 2. The topological polar surface area (TPSA) is 72.4 Å². The minimum absolute atomic E-state index is 0.139. The molecule has 0 radical (unpaired) electrons. The molecule has 1 fully saturated rings. The summed E-state index contributed by atoms with van der Waals surface area (Å²) in [6, 6.07) is 0. The Kier molecular flexibility index (Phi) is 4.47. The van der Waals surface area contributed by atoms with E-state index in [9.17, 15) is 9.59 Å². The van der Waals surface area contributed by atoms with Gasteiger partial charge in [0.1, 0.15) is 5.82 Å². The summed E-state index contributed by atoms with van der Waals surface area (Å²) in [6.07, 6.45) is 1.59. The van der Waals surface area contributed by atoms with Crippen LogP contribution in [-0.4, -0.2) is 45.8 Å². The molecule has 1 aliphatic rings. The Labute approximate surface area is 115 Å². The number of likely N-dealkylation sites (tertiary alicyclic amines) is 1. The Bertz CT molecular complexity index is 475. The Balaban J connectivity index is 2.01. The van der Waals surface area contributed by atoms with E-state index in [1.807, 2.05) is 0 Å². The predicted octanol–water partition coefficient (Wildman–Crippen LogP) is 1.26. The van der Waals surface area contributed by atoms with Crippen molar-refractivity contribution in [2.24, 2.45) is 5.92 Å². The van der Waals surface area contributed by atoms with E-state index in [4.69, 9.17) is 4.74 Å². The molecule has 2 rings (SSSR count). The van der Waals surface area contributed by atoms with Gasteiger partial charge >= 0.3 is 5.97 Å². The standard InChI is InChI=1S/C12H17N3O3S/c1-3-18-12(17)9-5-4-6-15(7-9)11(16)10-13-8(2)14-19-10/h9H,3-7H2,1-2H3/t9-/m0/s1. The fraction of sp³-hybridized carbons (Fsp3) is 0.667. The van der Waals surface area contributed by atoms with Crippen molar-refractivity contribution < 1.29 is 14.3 Å². The van der Waals surface area contributed by atoms with Gasteiger partial charge < -0.3 is 9.64 Å². The molecule has 19 heavy (non-hydrogen) atoms. The molecule has 1 aliphatic heterocycles. The van der Waals surface area contributed by atoms with Gasteiger partial charge in [0.2, 0.25) is 5.01 Å². The molecule has 0 N–H and O–H groups in total. The third kappa shape index (κ3) is 3.28. The predicted molar refractivity (Wildman–Crippen MR) is 69.9 cm³/mol. The summed E-state index contributed by atoms with van der Waals surface area (Å²) in [5.41, 5.74) is 0. The number of carbonyl (C=O) groups is 2. The minimum atomic E-state index is -0.216. The number of esters is 1. The highest BCUT2D eigenvalue weighted by Crippen LogP contribution is 2.20. The lowest BCUT2D eigenvalue weighted by Crippen LogP contribution is -2.42. The number of ether oxygens (including phenoxy) is 1. The van der Waals surface area contributed by atoms with E-state index in [0.29, 0.717) is 30.5 Å². The highest BCUT2D eigenvalue weighted by molar-refractivity contribution is 7.07. The van der Waals surface area contributed by atoms with Gasteiger partial charge in [0.15, 0.2) is 0 Å². The van der Waals surface area contributed by atoms with Crippen molar-refractivity contribution in [3.63, 3.8) is 0 Å². The smallest absolute Gasteiger partial charge is 0.310 e. The summed E-state index contributed by atoms with van der Waals surface area (Å²) < 4.78 is 9.02. The molecule has 0 bridgehead atoms. The first-order chi connectivity index (χ1) is 9.11. The van der Waals surface area contributed by atoms with Gasteiger partial charge in [0, 0.05) is 13.1 Å². The van der Waals surface area contributed by atoms with E-state index >= 15 is 0 Å². The number of amides is 1. The van der Waals surface area contributed by atoms with Crippen LogP contribution in [0.25, 0.3) is 0 Å². The van der Waals surface area contributed by atoms with Crippen LogP contribution in [0.3, 0.4) is 0 Å². The molecule has 0 aliphatic carbocycles. The van der Waals surface area contributed by atoms with Gasteiger partial charge in [-0.2, -0.15) is 4.37 Å². The molecular weight excluding hydrogens is 266 g/mol. The molecule has 0 spiro atoms. The first-order valence-electron chi connectivity index (χ1n) is 6.38. The first kappa shape index (κ1) is 13.9. The zero-order chi connectivity index (χ0) is 13.8. The summed E-state index contributed by atoms with van der Waals surface area (Å²) in [4.78, 5) is 29.7. The maximum atomic E-state index is 12.2. The van der Waals surface area contributed by atoms with Gasteiger partial charge in [-0.15, -0.1) is 0 Å². The normalized spacial score (nSPS) is 19.3. The van der Waals surface area contributed by atoms with Crippen LogP contribution in [-0.2, 0) is 9.53 Å². The summed E-state index contributed by atoms with van der Waals surface area (Å²) in [5, 5.41) is 0.391. The lowest BCUT2D eigenvalue weighted by Gasteiger charge is -2.30. The second-order valence-corrected chi connectivity index (χ2v) is 5.24. The van der Waals surface area contributed by atoms with Crippen molar-refractivity contribution in [3.8, 4) is 0 Å². The van der Waals surface area contributed by atoms with Crippen molar-refractivity contribution in [1.29, 1.82) is 0 Å². The van der Waals surface area contributed by atoms with Crippen LogP contribution in [0.4, 0.5) is 0 Å². The Morgan fingerprint density at radius 1 is 1.53 bits per heavy atom. The maximum absolute atomic E-state index is 12.2. The number of nitrogens with zero attached hydrogens (tertiary/aromatic N) is 3. The Morgan fingerprint density at radius 2 is 2.32 bits per heavy atom. The zero-order valence-electron chi connectivity index (χ0n) is 11.1. The molecule has 7 heteroatoms. The molecule has 6 nitrogen and oxygen atoms in total. The second-order valence-electron chi connectivity index (χ2n) is 4.49. The Morgan fingerprint density at radius 3 is 2.95 bits per heavy atom. The molecule has 1 amide bonds. The number of aryl methyl sites for hydroxylation is 1. The van der Waals surface area contributed by atoms with Crippen molar-refractivity contribution >= 4 is 23.4 Å². The summed E-state index contributed by atoms with van der Waals surface area (Å²) >= 11 is 1.10. The zero-order valence-corrected chi connectivity index (χ0v) is 11.9. The Hall–Kier alpha value is -1.50. The fourth-order valence-corrected chi connectivity index (χ4v) is 2.77. The van der Waals surface area contributed by atoms with Crippen LogP contribution >= 0.6 is 11.5 Å². The van der Waals surface area contributed by atoms with Crippen LogP contribution < -0.4 is 0 Å². The summed E-state index contributed by atoms with van der Waals surface area (Å²) in [7, 11) is 0. The number of hydrogen-bond acceptors (Lipinski definition) is 6. The number of rotatable bonds is 3. The van der Waals surface area contributed by atoms with Gasteiger partial charge in [-0.1, -0.05) is 0 Å². The van der Waals surface area contributed by atoms with Gasteiger partial charge in [-0.25, -0.2) is 4.98 Å². The SMILES string of the molecule is CCOC(=O)[C@H]1CCCN(C(=O)c2nc(C)ns2)C1. The highest BCUT2D eigenvalue weighted by Gasteiger charge is 2.30. The first-order valence-corrected chi connectivity index (χ1v) is 7.15. The second kappa shape index (κ2) is 6.10. The molecule has 104 valence electrons. The third-order valence-electron chi connectivity index (χ3n) is 3.04. The molecule has 0 saturated carbocycles. The van der Waals surface area contributed by atoms with E-state index in [-0.39, 0.29) is 17.8 Å². The largest absolute Gasteiger partial charge is 0.466 e. The fourth-order valence-electron chi connectivity index (χ4n) is 2.13. The van der Waals surface area contributed by atoms with Crippen LogP contribution in [0.2, 0.25) is 0 Å². The molecular formula is C12H17N3O3S. The van der Waals surface area contributed by atoms with Crippen molar-refractivity contribution in [1.82, 2.24) is 14.3 Å². The highest BCUT2D eigenvalue weighted by atomic mass is 32.1. The average molecular weight is 283 g/mol. The molecule has 1 saturated heterocycles. The molecule has 1 aromatic heterocycles. The summed E-state index contributed by atoms with van der Waals surface area (Å²) in [6.45, 7) is 4.99. The van der Waals surface area contributed by atoms with E-state index in [2.05, 4.69) is 9.36 Å². The van der Waals surface area contributed by atoms with Crippen molar-refractivity contribution in [3.05, 3.63) is 10.8 Å². The van der Waals surface area contributed by atoms with Gasteiger partial charge in [-0.05, 0) is 38.2 Å².